The second-order valence-corrected chi connectivity index (χ2v) is 7.09. The summed E-state index contributed by atoms with van der Waals surface area (Å²) in [6.07, 6.45) is 2.30. The van der Waals surface area contributed by atoms with Crippen molar-refractivity contribution >= 4 is 11.8 Å². The third-order valence-corrected chi connectivity index (χ3v) is 5.16. The molecule has 0 aliphatic carbocycles. The Kier molecular flexibility index (Phi) is 4.65. The number of nitrogens with zero attached hydrogens (tertiary/aromatic N) is 3. The van der Waals surface area contributed by atoms with Crippen LogP contribution in [0.4, 0.5) is 4.39 Å². The van der Waals surface area contributed by atoms with Crippen LogP contribution in [-0.2, 0) is 11.3 Å². The van der Waals surface area contributed by atoms with E-state index in [2.05, 4.69) is 15.7 Å². The first-order valence-electron chi connectivity index (χ1n) is 9.14. The van der Waals surface area contributed by atoms with Gasteiger partial charge in [-0.1, -0.05) is 18.2 Å². The number of carbonyl (C=O) groups is 2. The average Bonchev–Trinajstić information content (AvgIpc) is 3.22. The molecule has 1 aromatic carbocycles. The highest BCUT2D eigenvalue weighted by Gasteiger charge is 2.35. The van der Waals surface area contributed by atoms with Gasteiger partial charge in [-0.2, -0.15) is 5.10 Å². The number of para-hydroxylation sites is 1. The van der Waals surface area contributed by atoms with E-state index >= 15 is 0 Å². The molecule has 2 aliphatic heterocycles. The van der Waals surface area contributed by atoms with E-state index in [0.717, 1.165) is 11.4 Å². The molecule has 2 amide bonds. The van der Waals surface area contributed by atoms with Crippen LogP contribution in [0.25, 0.3) is 5.69 Å². The molecule has 0 radical (unpaired) electrons. The highest BCUT2D eigenvalue weighted by atomic mass is 19.1. The van der Waals surface area contributed by atoms with Crippen molar-refractivity contribution in [1.29, 1.82) is 0 Å². The Labute approximate surface area is 156 Å². The van der Waals surface area contributed by atoms with Crippen molar-refractivity contribution in [3.8, 4) is 5.69 Å². The molecule has 0 unspecified atom stereocenters. The largest absolute Gasteiger partial charge is 0.351 e. The minimum Gasteiger partial charge on any atom is -0.351 e. The number of carbonyl (C=O) groups excluding carboxylic acids is 2. The molecule has 1 saturated heterocycles. The highest BCUT2D eigenvalue weighted by Crippen LogP contribution is 2.25. The van der Waals surface area contributed by atoms with E-state index < -0.39 is 5.67 Å². The van der Waals surface area contributed by atoms with Crippen molar-refractivity contribution in [1.82, 2.24) is 25.3 Å². The summed E-state index contributed by atoms with van der Waals surface area (Å²) >= 11 is 0. The number of halogens is 1. The maximum absolute atomic E-state index is 14.6. The number of hydrogen-bond donors (Lipinski definition) is 2. The minimum absolute atomic E-state index is 0.0136. The maximum atomic E-state index is 14.6. The van der Waals surface area contributed by atoms with Crippen LogP contribution < -0.4 is 10.6 Å². The normalized spacial score (nSPS) is 18.4. The lowest BCUT2D eigenvalue weighted by Gasteiger charge is -2.30. The molecule has 3 heterocycles. The van der Waals surface area contributed by atoms with Crippen LogP contribution in [0, 0.1) is 0 Å². The number of nitrogens with one attached hydrogen (secondary N) is 2. The topological polar surface area (TPSA) is 79.3 Å². The summed E-state index contributed by atoms with van der Waals surface area (Å²) < 4.78 is 16.3. The van der Waals surface area contributed by atoms with Gasteiger partial charge in [-0.15, -0.1) is 0 Å². The van der Waals surface area contributed by atoms with Crippen LogP contribution >= 0.6 is 0 Å². The van der Waals surface area contributed by atoms with Gasteiger partial charge < -0.3 is 15.5 Å². The van der Waals surface area contributed by atoms with Gasteiger partial charge in [-0.05, 0) is 38.1 Å². The lowest BCUT2D eigenvalue weighted by Crippen LogP contribution is -2.48. The molecule has 0 atom stereocenters. The van der Waals surface area contributed by atoms with E-state index in [1.165, 1.54) is 11.1 Å². The Balaban J connectivity index is 1.38. The minimum atomic E-state index is -1.37. The molecule has 2 aromatic rings. The Morgan fingerprint density at radius 3 is 2.74 bits per heavy atom. The third kappa shape index (κ3) is 3.57. The molecule has 1 aromatic heterocycles. The summed E-state index contributed by atoms with van der Waals surface area (Å²) in [5.74, 6) is -0.567. The summed E-state index contributed by atoms with van der Waals surface area (Å²) in [6, 6.07) is 9.53. The molecule has 1 fully saturated rings. The van der Waals surface area contributed by atoms with Crippen LogP contribution in [0.5, 0.6) is 0 Å². The first kappa shape index (κ1) is 17.7. The number of alkyl halides is 1. The van der Waals surface area contributed by atoms with Gasteiger partial charge in [0.1, 0.15) is 12.2 Å². The zero-order valence-electron chi connectivity index (χ0n) is 14.9. The molecule has 8 heteroatoms. The van der Waals surface area contributed by atoms with Crippen molar-refractivity contribution in [3.63, 3.8) is 0 Å². The number of piperidine rings is 1. The smallest absolute Gasteiger partial charge is 0.258 e. The highest BCUT2D eigenvalue weighted by molar-refractivity contribution is 5.99. The zero-order valence-corrected chi connectivity index (χ0v) is 14.9. The molecule has 0 saturated carbocycles. The lowest BCUT2D eigenvalue weighted by molar-refractivity contribution is -0.122. The van der Waals surface area contributed by atoms with E-state index in [4.69, 9.17) is 0 Å². The number of rotatable bonds is 5. The molecule has 2 aliphatic rings. The third-order valence-electron chi connectivity index (χ3n) is 5.16. The van der Waals surface area contributed by atoms with Crippen LogP contribution in [0.15, 0.2) is 36.5 Å². The van der Waals surface area contributed by atoms with E-state index in [1.807, 2.05) is 30.3 Å². The number of aromatic nitrogens is 2. The van der Waals surface area contributed by atoms with Crippen LogP contribution in [0.1, 0.15) is 28.9 Å². The standard InChI is InChI=1S/C19H22FN5O2/c20-19(6-8-21-9-7-19)13-22-17(26)12-24-11-16-15(18(24)27)10-23-25(16)14-4-2-1-3-5-14/h1-5,10,21H,6-9,11-13H2,(H,22,26). The van der Waals surface area contributed by atoms with Gasteiger partial charge in [0, 0.05) is 0 Å². The molecule has 4 rings (SSSR count). The summed E-state index contributed by atoms with van der Waals surface area (Å²) in [7, 11) is 0. The molecule has 0 spiro atoms. The molecular weight excluding hydrogens is 349 g/mol. The summed E-state index contributed by atoms with van der Waals surface area (Å²) in [6.45, 7) is 1.43. The average molecular weight is 371 g/mol. The Morgan fingerprint density at radius 2 is 2.00 bits per heavy atom. The van der Waals surface area contributed by atoms with Gasteiger partial charge in [-0.3, -0.25) is 9.59 Å². The predicted molar refractivity (Wildman–Crippen MR) is 97.3 cm³/mol. The van der Waals surface area contributed by atoms with Crippen LogP contribution in [0.3, 0.4) is 0 Å². The maximum Gasteiger partial charge on any atom is 0.258 e. The predicted octanol–water partition coefficient (Wildman–Crippen LogP) is 1.04. The van der Waals surface area contributed by atoms with Gasteiger partial charge in [0.2, 0.25) is 5.91 Å². The number of benzene rings is 1. The van der Waals surface area contributed by atoms with Crippen LogP contribution in [-0.4, -0.2) is 58.3 Å². The number of hydrogen-bond acceptors (Lipinski definition) is 4. The van der Waals surface area contributed by atoms with E-state index in [1.54, 1.807) is 4.68 Å². The fourth-order valence-electron chi connectivity index (χ4n) is 3.58. The molecule has 27 heavy (non-hydrogen) atoms. The van der Waals surface area contributed by atoms with Crippen molar-refractivity contribution in [2.45, 2.75) is 25.1 Å². The van der Waals surface area contributed by atoms with Crippen molar-refractivity contribution in [2.24, 2.45) is 0 Å². The van der Waals surface area contributed by atoms with Gasteiger partial charge in [0.15, 0.2) is 0 Å². The van der Waals surface area contributed by atoms with E-state index in [9.17, 15) is 14.0 Å². The van der Waals surface area contributed by atoms with Crippen LogP contribution in [0.2, 0.25) is 0 Å². The Morgan fingerprint density at radius 1 is 1.26 bits per heavy atom. The van der Waals surface area contributed by atoms with Crippen molar-refractivity contribution < 1.29 is 14.0 Å². The van der Waals surface area contributed by atoms with Gasteiger partial charge >= 0.3 is 0 Å². The fraction of sp³-hybridized carbons (Fsp3) is 0.421. The number of amides is 2. The first-order chi connectivity index (χ1) is 13.1. The lowest BCUT2D eigenvalue weighted by atomic mass is 9.94. The monoisotopic (exact) mass is 371 g/mol. The first-order valence-corrected chi connectivity index (χ1v) is 9.14. The second kappa shape index (κ2) is 7.11. The molecular formula is C19H22FN5O2. The van der Waals surface area contributed by atoms with Gasteiger partial charge in [0.25, 0.3) is 5.91 Å². The van der Waals surface area contributed by atoms with E-state index in [0.29, 0.717) is 38.0 Å². The van der Waals surface area contributed by atoms with Crippen molar-refractivity contribution in [2.75, 3.05) is 26.2 Å². The van der Waals surface area contributed by atoms with E-state index in [-0.39, 0.29) is 24.9 Å². The summed E-state index contributed by atoms with van der Waals surface area (Å²) in [4.78, 5) is 26.3. The molecule has 0 bridgehead atoms. The second-order valence-electron chi connectivity index (χ2n) is 7.09. The summed E-state index contributed by atoms with van der Waals surface area (Å²) in [5, 5.41) is 10.0. The molecule has 7 nitrogen and oxygen atoms in total. The zero-order chi connectivity index (χ0) is 18.9. The summed E-state index contributed by atoms with van der Waals surface area (Å²) in [5.41, 5.74) is 0.765. The SMILES string of the molecule is O=C(CN1Cc2c(cnn2-c2ccccc2)C1=O)NCC1(F)CCNCC1. The van der Waals surface area contributed by atoms with Gasteiger partial charge in [0.05, 0.1) is 36.2 Å². The van der Waals surface area contributed by atoms with Crippen molar-refractivity contribution in [3.05, 3.63) is 47.8 Å². The Hall–Kier alpha value is -2.74. The quantitative estimate of drug-likeness (QED) is 0.823. The fourth-order valence-corrected chi connectivity index (χ4v) is 3.58. The molecule has 2 N–H and O–H groups in total. The Bertz CT molecular complexity index is 845. The molecule has 142 valence electrons. The van der Waals surface area contributed by atoms with Gasteiger partial charge in [-0.25, -0.2) is 9.07 Å². The number of fused-ring (bicyclic) bond motifs is 1.